The molecule has 0 spiro atoms. The summed E-state index contributed by atoms with van der Waals surface area (Å²) in [5.74, 6) is -0.167. The molecule has 1 saturated heterocycles. The molecule has 2 amide bonds. The molecule has 1 aromatic heterocycles. The summed E-state index contributed by atoms with van der Waals surface area (Å²) >= 11 is 0. The number of hydrogen-bond donors (Lipinski definition) is 2. The Kier molecular flexibility index (Phi) is 3.94. The van der Waals surface area contributed by atoms with Crippen molar-refractivity contribution in [3.63, 3.8) is 0 Å². The number of piperazine rings is 1. The number of fused-ring (bicyclic) bond motifs is 4. The molecule has 6 nitrogen and oxygen atoms in total. The fraction of sp³-hybridized carbons (Fsp3) is 0.273. The number of aromatic amines is 1. The number of H-pyrrole nitrogens is 1. The maximum Gasteiger partial charge on any atom is 0.246 e. The van der Waals surface area contributed by atoms with E-state index in [0.29, 0.717) is 13.0 Å². The molecule has 28 heavy (non-hydrogen) atoms. The molecule has 6 heteroatoms. The van der Waals surface area contributed by atoms with E-state index in [1.54, 1.807) is 4.90 Å². The predicted octanol–water partition coefficient (Wildman–Crippen LogP) is 2.00. The van der Waals surface area contributed by atoms with Crippen LogP contribution in [-0.2, 0) is 22.6 Å². The number of hydrogen-bond acceptors (Lipinski definition) is 3. The van der Waals surface area contributed by atoms with E-state index in [0.717, 1.165) is 27.7 Å². The minimum atomic E-state index is -0.809. The van der Waals surface area contributed by atoms with Crippen LogP contribution in [0.25, 0.3) is 10.9 Å². The summed E-state index contributed by atoms with van der Waals surface area (Å²) in [6.45, 7) is 0.558. The smallest absolute Gasteiger partial charge is 0.246 e. The number of aliphatic hydroxyl groups excluding tert-OH is 1. The van der Waals surface area contributed by atoms with Crippen LogP contribution in [0.15, 0.2) is 54.6 Å². The summed E-state index contributed by atoms with van der Waals surface area (Å²) in [7, 11) is 0. The zero-order valence-corrected chi connectivity index (χ0v) is 15.3. The summed E-state index contributed by atoms with van der Waals surface area (Å²) in [4.78, 5) is 32.5. The molecular formula is C22H21N3O3. The molecular weight excluding hydrogens is 354 g/mol. The fourth-order valence-corrected chi connectivity index (χ4v) is 4.38. The minimum absolute atomic E-state index is 0.00872. The number of aromatic nitrogens is 1. The highest BCUT2D eigenvalue weighted by atomic mass is 16.3. The molecule has 2 aliphatic heterocycles. The van der Waals surface area contributed by atoms with E-state index >= 15 is 0 Å². The van der Waals surface area contributed by atoms with E-state index in [9.17, 15) is 14.7 Å². The lowest BCUT2D eigenvalue weighted by Crippen LogP contribution is -2.62. The fourth-order valence-electron chi connectivity index (χ4n) is 4.38. The molecule has 1 fully saturated rings. The Balaban J connectivity index is 1.42. The van der Waals surface area contributed by atoms with Gasteiger partial charge >= 0.3 is 0 Å². The first-order chi connectivity index (χ1) is 13.6. The molecule has 5 rings (SSSR count). The normalized spacial score (nSPS) is 20.2. The second-order valence-corrected chi connectivity index (χ2v) is 7.51. The van der Waals surface area contributed by atoms with Crippen molar-refractivity contribution in [2.45, 2.75) is 25.1 Å². The lowest BCUT2D eigenvalue weighted by molar-refractivity contribution is -0.158. The second kappa shape index (κ2) is 6.49. The Hall–Kier alpha value is -3.12. The molecule has 3 aromatic rings. The van der Waals surface area contributed by atoms with Gasteiger partial charge in [-0.3, -0.25) is 9.59 Å². The first-order valence-electron chi connectivity index (χ1n) is 9.51. The van der Waals surface area contributed by atoms with Gasteiger partial charge in [-0.25, -0.2) is 0 Å². The van der Waals surface area contributed by atoms with Crippen molar-refractivity contribution in [3.8, 4) is 0 Å². The predicted molar refractivity (Wildman–Crippen MR) is 104 cm³/mol. The summed E-state index contributed by atoms with van der Waals surface area (Å²) in [5.41, 5.74) is 3.90. The number of benzene rings is 2. The number of aliphatic hydroxyl groups is 1. The van der Waals surface area contributed by atoms with Crippen molar-refractivity contribution in [2.75, 3.05) is 13.1 Å². The van der Waals surface area contributed by atoms with Gasteiger partial charge in [0.2, 0.25) is 11.8 Å². The van der Waals surface area contributed by atoms with Crippen molar-refractivity contribution < 1.29 is 14.7 Å². The highest BCUT2D eigenvalue weighted by Crippen LogP contribution is 2.32. The van der Waals surface area contributed by atoms with Crippen molar-refractivity contribution >= 4 is 22.7 Å². The highest BCUT2D eigenvalue weighted by Gasteiger charge is 2.43. The van der Waals surface area contributed by atoms with Gasteiger partial charge in [-0.05, 0) is 17.2 Å². The minimum Gasteiger partial charge on any atom is -0.387 e. The quantitative estimate of drug-likeness (QED) is 0.735. The van der Waals surface area contributed by atoms with Crippen molar-refractivity contribution in [2.24, 2.45) is 0 Å². The van der Waals surface area contributed by atoms with Crippen LogP contribution in [0.2, 0.25) is 0 Å². The number of carbonyl (C=O) groups excluding carboxylic acids is 2. The van der Waals surface area contributed by atoms with E-state index in [-0.39, 0.29) is 24.9 Å². The van der Waals surface area contributed by atoms with Gasteiger partial charge < -0.3 is 19.9 Å². The maximum absolute atomic E-state index is 13.2. The third-order valence-electron chi connectivity index (χ3n) is 5.83. The van der Waals surface area contributed by atoms with E-state index in [1.165, 1.54) is 4.90 Å². The Morgan fingerprint density at radius 3 is 2.61 bits per heavy atom. The van der Waals surface area contributed by atoms with Crippen LogP contribution in [0.3, 0.4) is 0 Å². The maximum atomic E-state index is 13.2. The van der Waals surface area contributed by atoms with Gasteiger partial charge in [0.1, 0.15) is 6.04 Å². The molecule has 142 valence electrons. The van der Waals surface area contributed by atoms with Gasteiger partial charge in [0.05, 0.1) is 25.7 Å². The van der Waals surface area contributed by atoms with E-state index < -0.39 is 12.1 Å². The van der Waals surface area contributed by atoms with Gasteiger partial charge in [0, 0.05) is 23.0 Å². The lowest BCUT2D eigenvalue weighted by atomic mass is 9.93. The average molecular weight is 375 g/mol. The number of amides is 2. The number of rotatable bonds is 3. The Bertz CT molecular complexity index is 1060. The van der Waals surface area contributed by atoms with Gasteiger partial charge in [-0.2, -0.15) is 0 Å². The van der Waals surface area contributed by atoms with Gasteiger partial charge in [-0.1, -0.05) is 48.5 Å². The third kappa shape index (κ3) is 2.68. The van der Waals surface area contributed by atoms with Gasteiger partial charge in [0.15, 0.2) is 0 Å². The molecule has 0 radical (unpaired) electrons. The van der Waals surface area contributed by atoms with Crippen LogP contribution in [0.4, 0.5) is 0 Å². The Labute approximate surface area is 162 Å². The van der Waals surface area contributed by atoms with Crippen molar-refractivity contribution in [1.29, 1.82) is 0 Å². The zero-order valence-electron chi connectivity index (χ0n) is 15.3. The van der Waals surface area contributed by atoms with E-state index in [4.69, 9.17) is 0 Å². The standard InChI is InChI=1S/C22H21N3O3/c26-20(14-6-2-1-3-7-14)12-24-13-21(27)25-11-18-16(10-19(25)22(24)28)15-8-4-5-9-17(15)23-18/h1-9,19-20,23,26H,10-13H2/t19-,20+/m1/s1. The number of β-amino-alcohol motifs (C(OH)–C–C–N with tert-alkyl or cyclic N) is 1. The summed E-state index contributed by atoms with van der Waals surface area (Å²) in [5, 5.41) is 11.6. The second-order valence-electron chi connectivity index (χ2n) is 7.51. The SMILES string of the molecule is O=C1[C@H]2Cc3c([nH]c4ccccc34)CN2C(=O)CN1C[C@H](O)c1ccccc1. The first kappa shape index (κ1) is 17.0. The van der Waals surface area contributed by atoms with Crippen LogP contribution in [0, 0.1) is 0 Å². The summed E-state index contributed by atoms with van der Waals surface area (Å²) < 4.78 is 0. The monoisotopic (exact) mass is 375 g/mol. The van der Waals surface area contributed by atoms with Crippen molar-refractivity contribution in [3.05, 3.63) is 71.4 Å². The van der Waals surface area contributed by atoms with Gasteiger partial charge in [-0.15, -0.1) is 0 Å². The lowest BCUT2D eigenvalue weighted by Gasteiger charge is -2.43. The summed E-state index contributed by atoms with van der Waals surface area (Å²) in [6, 6.07) is 16.7. The molecule has 2 N–H and O–H groups in total. The Morgan fingerprint density at radius 2 is 1.79 bits per heavy atom. The molecule has 3 heterocycles. The molecule has 0 unspecified atom stereocenters. The molecule has 2 aliphatic rings. The van der Waals surface area contributed by atoms with Crippen LogP contribution in [0.5, 0.6) is 0 Å². The van der Waals surface area contributed by atoms with Crippen LogP contribution in [0.1, 0.15) is 22.9 Å². The molecule has 0 saturated carbocycles. The van der Waals surface area contributed by atoms with E-state index in [1.807, 2.05) is 54.6 Å². The number of nitrogens with one attached hydrogen (secondary N) is 1. The number of nitrogens with zero attached hydrogens (tertiary/aromatic N) is 2. The topological polar surface area (TPSA) is 76.6 Å². The number of carbonyl (C=O) groups is 2. The third-order valence-corrected chi connectivity index (χ3v) is 5.83. The van der Waals surface area contributed by atoms with Crippen LogP contribution >= 0.6 is 0 Å². The van der Waals surface area contributed by atoms with E-state index in [2.05, 4.69) is 4.98 Å². The van der Waals surface area contributed by atoms with Crippen molar-refractivity contribution in [1.82, 2.24) is 14.8 Å². The molecule has 2 aromatic carbocycles. The van der Waals surface area contributed by atoms with Crippen LogP contribution < -0.4 is 0 Å². The summed E-state index contributed by atoms with van der Waals surface area (Å²) in [6.07, 6.45) is -0.307. The number of para-hydroxylation sites is 1. The molecule has 0 bridgehead atoms. The Morgan fingerprint density at radius 1 is 1.04 bits per heavy atom. The van der Waals surface area contributed by atoms with Crippen LogP contribution in [-0.4, -0.2) is 50.8 Å². The molecule has 0 aliphatic carbocycles. The highest BCUT2D eigenvalue weighted by molar-refractivity contribution is 5.96. The van der Waals surface area contributed by atoms with Gasteiger partial charge in [0.25, 0.3) is 0 Å². The first-order valence-corrected chi connectivity index (χ1v) is 9.51. The average Bonchev–Trinajstić information content (AvgIpc) is 3.09. The molecule has 2 atom stereocenters. The zero-order chi connectivity index (χ0) is 19.3. The largest absolute Gasteiger partial charge is 0.387 e.